The lowest BCUT2D eigenvalue weighted by Gasteiger charge is -2.07. The van der Waals surface area contributed by atoms with Gasteiger partial charge in [0.2, 0.25) is 0 Å². The zero-order valence-corrected chi connectivity index (χ0v) is 9.09. The molecule has 0 aliphatic carbocycles. The molecule has 0 atom stereocenters. The second-order valence-corrected chi connectivity index (χ2v) is 3.55. The van der Waals surface area contributed by atoms with Crippen molar-refractivity contribution in [2.45, 2.75) is 0 Å². The number of anilines is 2. The summed E-state index contributed by atoms with van der Waals surface area (Å²) in [6, 6.07) is 13.5. The Balaban J connectivity index is 2.22. The van der Waals surface area contributed by atoms with Gasteiger partial charge in [0, 0.05) is 11.8 Å². The third-order valence-corrected chi connectivity index (χ3v) is 2.25. The third-order valence-electron chi connectivity index (χ3n) is 2.25. The maximum absolute atomic E-state index is 11.8. The summed E-state index contributed by atoms with van der Waals surface area (Å²) in [6.07, 6.45) is 0. The van der Waals surface area contributed by atoms with Gasteiger partial charge >= 0.3 is 5.97 Å². The first-order chi connectivity index (χ1) is 8.16. The van der Waals surface area contributed by atoms with E-state index in [9.17, 15) is 4.79 Å². The molecule has 2 aromatic carbocycles. The normalized spacial score (nSPS) is 9.88. The lowest BCUT2D eigenvalue weighted by Crippen LogP contribution is -2.09. The minimum Gasteiger partial charge on any atom is -0.421 e. The molecular weight excluding hydrogens is 216 g/mol. The highest BCUT2D eigenvalue weighted by Crippen LogP contribution is 2.24. The molecule has 0 bridgehead atoms. The molecule has 0 radical (unpaired) electrons. The largest absolute Gasteiger partial charge is 0.421 e. The van der Waals surface area contributed by atoms with Gasteiger partial charge in [-0.2, -0.15) is 0 Å². The van der Waals surface area contributed by atoms with E-state index in [4.69, 9.17) is 16.2 Å². The Morgan fingerprint density at radius 2 is 1.71 bits per heavy atom. The highest BCUT2D eigenvalue weighted by atomic mass is 16.5. The van der Waals surface area contributed by atoms with Crippen molar-refractivity contribution in [3.05, 3.63) is 54.1 Å². The number of carbonyl (C=O) groups is 1. The number of esters is 1. The molecular formula is C13H12N2O2. The molecule has 2 rings (SSSR count). The maximum Gasteiger partial charge on any atom is 0.343 e. The molecule has 0 saturated carbocycles. The van der Waals surface area contributed by atoms with Gasteiger partial charge in [-0.05, 0) is 24.3 Å². The third kappa shape index (κ3) is 2.55. The second-order valence-electron chi connectivity index (χ2n) is 3.55. The first-order valence-corrected chi connectivity index (χ1v) is 5.09. The van der Waals surface area contributed by atoms with E-state index in [-0.39, 0.29) is 5.75 Å². The van der Waals surface area contributed by atoms with E-state index >= 15 is 0 Å². The second kappa shape index (κ2) is 4.57. The maximum atomic E-state index is 11.8. The van der Waals surface area contributed by atoms with E-state index in [2.05, 4.69) is 0 Å². The van der Waals surface area contributed by atoms with Crippen LogP contribution in [0.1, 0.15) is 10.4 Å². The lowest BCUT2D eigenvalue weighted by molar-refractivity contribution is 0.0736. The van der Waals surface area contributed by atoms with Gasteiger partial charge in [0.1, 0.15) is 0 Å². The SMILES string of the molecule is Nc1ccc(N)c(OC(=O)c2ccccc2)c1. The van der Waals surface area contributed by atoms with Crippen LogP contribution in [0.3, 0.4) is 0 Å². The first-order valence-electron chi connectivity index (χ1n) is 5.09. The minimum absolute atomic E-state index is 0.277. The summed E-state index contributed by atoms with van der Waals surface area (Å²) in [5.74, 6) is -0.179. The van der Waals surface area contributed by atoms with Crippen LogP contribution in [0.5, 0.6) is 5.75 Å². The van der Waals surface area contributed by atoms with E-state index in [0.29, 0.717) is 16.9 Å². The smallest absolute Gasteiger partial charge is 0.343 e. The fraction of sp³-hybridized carbons (Fsp3) is 0. The van der Waals surface area contributed by atoms with Crippen molar-refractivity contribution in [1.82, 2.24) is 0 Å². The van der Waals surface area contributed by atoms with Crippen molar-refractivity contribution in [1.29, 1.82) is 0 Å². The molecule has 4 heteroatoms. The molecule has 4 N–H and O–H groups in total. The van der Waals surface area contributed by atoms with E-state index in [1.54, 1.807) is 36.4 Å². The Kier molecular flexibility index (Phi) is 2.96. The van der Waals surface area contributed by atoms with Gasteiger partial charge in [0.25, 0.3) is 0 Å². The van der Waals surface area contributed by atoms with E-state index in [1.807, 2.05) is 6.07 Å². The van der Waals surface area contributed by atoms with E-state index < -0.39 is 5.97 Å². The molecule has 0 saturated heterocycles. The van der Waals surface area contributed by atoms with Crippen LogP contribution < -0.4 is 16.2 Å². The highest BCUT2D eigenvalue weighted by Gasteiger charge is 2.10. The minimum atomic E-state index is -0.456. The monoisotopic (exact) mass is 228 g/mol. The molecule has 0 amide bonds. The standard InChI is InChI=1S/C13H12N2O2/c14-10-6-7-11(15)12(8-10)17-13(16)9-4-2-1-3-5-9/h1-8H,14-15H2. The van der Waals surface area contributed by atoms with Gasteiger partial charge in [0.05, 0.1) is 11.3 Å². The van der Waals surface area contributed by atoms with Gasteiger partial charge in [-0.25, -0.2) is 4.79 Å². The number of ether oxygens (including phenoxy) is 1. The quantitative estimate of drug-likeness (QED) is 0.468. The van der Waals surface area contributed by atoms with Crippen LogP contribution >= 0.6 is 0 Å². The van der Waals surface area contributed by atoms with Crippen molar-refractivity contribution in [3.8, 4) is 5.75 Å². The van der Waals surface area contributed by atoms with Crippen LogP contribution in [0, 0.1) is 0 Å². The fourth-order valence-corrected chi connectivity index (χ4v) is 1.37. The number of rotatable bonds is 2. The van der Waals surface area contributed by atoms with Gasteiger partial charge in [-0.15, -0.1) is 0 Å². The lowest BCUT2D eigenvalue weighted by atomic mass is 10.2. The number of hydrogen-bond acceptors (Lipinski definition) is 4. The first kappa shape index (κ1) is 11.0. The zero-order valence-electron chi connectivity index (χ0n) is 9.09. The Hall–Kier alpha value is -2.49. The summed E-state index contributed by atoms with van der Waals surface area (Å²) in [7, 11) is 0. The average Bonchev–Trinajstić information content (AvgIpc) is 2.35. The molecule has 0 aliphatic rings. The molecule has 0 unspecified atom stereocenters. The number of nitrogen functional groups attached to an aromatic ring is 2. The van der Waals surface area contributed by atoms with Crippen molar-refractivity contribution in [2.75, 3.05) is 11.5 Å². The molecule has 0 aliphatic heterocycles. The van der Waals surface area contributed by atoms with Gasteiger partial charge < -0.3 is 16.2 Å². The molecule has 0 aromatic heterocycles. The Morgan fingerprint density at radius 1 is 1.00 bits per heavy atom. The number of benzene rings is 2. The topological polar surface area (TPSA) is 78.3 Å². The summed E-state index contributed by atoms with van der Waals surface area (Å²) in [4.78, 5) is 11.8. The van der Waals surface area contributed by atoms with Crippen molar-refractivity contribution in [3.63, 3.8) is 0 Å². The molecule has 86 valence electrons. The predicted octanol–water partition coefficient (Wildman–Crippen LogP) is 2.07. The summed E-state index contributed by atoms with van der Waals surface area (Å²) < 4.78 is 5.17. The van der Waals surface area contributed by atoms with Crippen LogP contribution in [0.4, 0.5) is 11.4 Å². The Morgan fingerprint density at radius 3 is 2.41 bits per heavy atom. The van der Waals surface area contributed by atoms with Gasteiger partial charge in [0.15, 0.2) is 5.75 Å². The zero-order chi connectivity index (χ0) is 12.3. The fourth-order valence-electron chi connectivity index (χ4n) is 1.37. The van der Waals surface area contributed by atoms with Crippen LogP contribution in [0.2, 0.25) is 0 Å². The van der Waals surface area contributed by atoms with E-state index in [1.165, 1.54) is 6.07 Å². The van der Waals surface area contributed by atoms with E-state index in [0.717, 1.165) is 0 Å². The summed E-state index contributed by atoms with van der Waals surface area (Å²) in [5.41, 5.74) is 12.6. The summed E-state index contributed by atoms with van der Waals surface area (Å²) >= 11 is 0. The molecule has 2 aromatic rings. The summed E-state index contributed by atoms with van der Waals surface area (Å²) in [5, 5.41) is 0. The molecule has 0 heterocycles. The van der Waals surface area contributed by atoms with Gasteiger partial charge in [-0.1, -0.05) is 18.2 Å². The Labute approximate surface area is 98.8 Å². The van der Waals surface area contributed by atoms with Gasteiger partial charge in [-0.3, -0.25) is 0 Å². The summed E-state index contributed by atoms with van der Waals surface area (Å²) in [6.45, 7) is 0. The Bertz CT molecular complexity index is 538. The highest BCUT2D eigenvalue weighted by molar-refractivity contribution is 5.91. The van der Waals surface area contributed by atoms with Crippen molar-refractivity contribution < 1.29 is 9.53 Å². The van der Waals surface area contributed by atoms with Crippen LogP contribution in [-0.2, 0) is 0 Å². The average molecular weight is 228 g/mol. The predicted molar refractivity (Wildman–Crippen MR) is 66.7 cm³/mol. The van der Waals surface area contributed by atoms with Crippen LogP contribution in [0.15, 0.2) is 48.5 Å². The number of nitrogens with two attached hydrogens (primary N) is 2. The molecule has 17 heavy (non-hydrogen) atoms. The van der Waals surface area contributed by atoms with Crippen LogP contribution in [-0.4, -0.2) is 5.97 Å². The van der Waals surface area contributed by atoms with Crippen molar-refractivity contribution >= 4 is 17.3 Å². The number of carbonyl (C=O) groups excluding carboxylic acids is 1. The van der Waals surface area contributed by atoms with Crippen LogP contribution in [0.25, 0.3) is 0 Å². The van der Waals surface area contributed by atoms with Crippen molar-refractivity contribution in [2.24, 2.45) is 0 Å². The molecule has 0 spiro atoms. The molecule has 0 fully saturated rings. The number of hydrogen-bond donors (Lipinski definition) is 2. The molecule has 4 nitrogen and oxygen atoms in total.